The number of rotatable bonds is 6. The van der Waals surface area contributed by atoms with Crippen LogP contribution in [0.15, 0.2) is 70.4 Å². The molecule has 34 heavy (non-hydrogen) atoms. The average molecular weight is 516 g/mol. The minimum Gasteiger partial charge on any atom is -0.324 e. The van der Waals surface area contributed by atoms with E-state index < -0.39 is 22.5 Å². The van der Waals surface area contributed by atoms with Crippen molar-refractivity contribution in [2.75, 3.05) is 16.2 Å². The lowest BCUT2D eigenvalue weighted by atomic mass is 10.2. The number of hydrogen-bond donors (Lipinski definition) is 1. The fourth-order valence-corrected chi connectivity index (χ4v) is 6.11. The molecule has 4 rings (SSSR count). The number of aromatic nitrogens is 1. The minimum atomic E-state index is -4.06. The molecule has 4 aromatic rings. The number of hydrogen-bond acceptors (Lipinski definition) is 5. The first-order chi connectivity index (χ1) is 16.1. The van der Waals surface area contributed by atoms with Crippen molar-refractivity contribution >= 4 is 60.5 Å². The molecule has 1 amide bonds. The summed E-state index contributed by atoms with van der Waals surface area (Å²) >= 11 is 7.34. The van der Waals surface area contributed by atoms with Gasteiger partial charge in [0.2, 0.25) is 5.91 Å². The molecule has 1 heterocycles. The number of sulfonamides is 1. The van der Waals surface area contributed by atoms with Crippen LogP contribution in [0.2, 0.25) is 5.02 Å². The highest BCUT2D eigenvalue weighted by Crippen LogP contribution is 2.31. The van der Waals surface area contributed by atoms with Crippen LogP contribution < -0.4 is 14.5 Å². The number of fused-ring (bicyclic) bond motifs is 1. The molecule has 1 aromatic heterocycles. The highest BCUT2D eigenvalue weighted by Gasteiger charge is 2.29. The number of carbonyl (C=O) groups is 1. The molecule has 0 unspecified atom stereocenters. The first-order valence-corrected chi connectivity index (χ1v) is 13.0. The van der Waals surface area contributed by atoms with E-state index in [0.717, 1.165) is 31.4 Å². The average Bonchev–Trinajstić information content (AvgIpc) is 3.07. The summed E-state index contributed by atoms with van der Waals surface area (Å²) in [5, 5.41) is 3.14. The molecule has 7 nitrogen and oxygen atoms in total. The molecule has 0 fully saturated rings. The lowest BCUT2D eigenvalue weighted by Crippen LogP contribution is -2.38. The van der Waals surface area contributed by atoms with Crippen LogP contribution in [0.4, 0.5) is 11.4 Å². The maximum absolute atomic E-state index is 13.6. The lowest BCUT2D eigenvalue weighted by molar-refractivity contribution is -0.114. The van der Waals surface area contributed by atoms with Crippen LogP contribution in [-0.4, -0.2) is 25.4 Å². The Hall–Kier alpha value is -3.14. The van der Waals surface area contributed by atoms with Crippen molar-refractivity contribution in [1.82, 2.24) is 4.57 Å². The maximum atomic E-state index is 13.6. The van der Waals surface area contributed by atoms with Crippen molar-refractivity contribution in [3.63, 3.8) is 0 Å². The smallest absolute Gasteiger partial charge is 0.307 e. The van der Waals surface area contributed by atoms with Gasteiger partial charge in [-0.05, 0) is 61.9 Å². The second-order valence-corrected chi connectivity index (χ2v) is 11.1. The van der Waals surface area contributed by atoms with Crippen LogP contribution in [0.25, 0.3) is 10.2 Å². The molecule has 0 aliphatic rings. The third kappa shape index (κ3) is 4.59. The quantitative estimate of drug-likeness (QED) is 0.403. The Morgan fingerprint density at radius 1 is 1.09 bits per heavy atom. The molecule has 0 saturated heterocycles. The van der Waals surface area contributed by atoms with Crippen molar-refractivity contribution in [2.45, 2.75) is 18.7 Å². The van der Waals surface area contributed by atoms with Crippen molar-refractivity contribution in [2.24, 2.45) is 7.05 Å². The van der Waals surface area contributed by atoms with E-state index in [0.29, 0.717) is 22.0 Å². The Morgan fingerprint density at radius 3 is 2.50 bits per heavy atom. The number of amides is 1. The van der Waals surface area contributed by atoms with E-state index in [-0.39, 0.29) is 9.77 Å². The first-order valence-electron chi connectivity index (χ1n) is 10.3. The highest BCUT2D eigenvalue weighted by atomic mass is 35.5. The van der Waals surface area contributed by atoms with Crippen molar-refractivity contribution < 1.29 is 13.2 Å². The Labute approximate surface area is 206 Å². The molecule has 0 saturated carbocycles. The summed E-state index contributed by atoms with van der Waals surface area (Å²) < 4.78 is 30.5. The van der Waals surface area contributed by atoms with Gasteiger partial charge in [-0.3, -0.25) is 13.9 Å². The molecule has 0 bridgehead atoms. The largest absolute Gasteiger partial charge is 0.324 e. The van der Waals surface area contributed by atoms with Gasteiger partial charge in [-0.15, -0.1) is 0 Å². The Bertz CT molecular complexity index is 1560. The monoisotopic (exact) mass is 515 g/mol. The van der Waals surface area contributed by atoms with E-state index in [2.05, 4.69) is 5.32 Å². The van der Waals surface area contributed by atoms with Crippen LogP contribution in [0.5, 0.6) is 0 Å². The predicted octanol–water partition coefficient (Wildman–Crippen LogP) is 4.70. The fraction of sp³-hybridized carbons (Fsp3) is 0.167. The third-order valence-electron chi connectivity index (χ3n) is 5.48. The van der Waals surface area contributed by atoms with Gasteiger partial charge in [-0.2, -0.15) is 0 Å². The van der Waals surface area contributed by atoms with Gasteiger partial charge in [0.15, 0.2) is 0 Å². The number of thiazole rings is 1. The van der Waals surface area contributed by atoms with Gasteiger partial charge in [0.25, 0.3) is 10.0 Å². The molecular formula is C24H22ClN3O4S2. The predicted molar refractivity (Wildman–Crippen MR) is 138 cm³/mol. The standard InChI is InChI=1S/C24H22ClN3O4S2/c1-15-7-10-18(11-8-15)34(31,32)28(20-6-4-5-19(25)16(20)2)14-23(29)26-17-9-12-21-22(13-17)33-24(30)27(21)3/h4-13H,14H2,1-3H3,(H,26,29). The van der Waals surface area contributed by atoms with E-state index >= 15 is 0 Å². The Kier molecular flexibility index (Phi) is 6.53. The van der Waals surface area contributed by atoms with Gasteiger partial charge >= 0.3 is 4.87 Å². The van der Waals surface area contributed by atoms with Crippen LogP contribution >= 0.6 is 22.9 Å². The molecule has 0 aliphatic heterocycles. The molecule has 0 aliphatic carbocycles. The zero-order valence-corrected chi connectivity index (χ0v) is 21.1. The van der Waals surface area contributed by atoms with Gasteiger partial charge in [-0.25, -0.2) is 8.42 Å². The van der Waals surface area contributed by atoms with Crippen LogP contribution in [-0.2, 0) is 21.9 Å². The van der Waals surface area contributed by atoms with E-state index in [1.54, 1.807) is 62.5 Å². The highest BCUT2D eigenvalue weighted by molar-refractivity contribution is 7.92. The zero-order valence-electron chi connectivity index (χ0n) is 18.7. The number of nitrogens with zero attached hydrogens (tertiary/aromatic N) is 2. The van der Waals surface area contributed by atoms with Crippen molar-refractivity contribution in [3.05, 3.63) is 86.5 Å². The molecule has 10 heteroatoms. The maximum Gasteiger partial charge on any atom is 0.307 e. The van der Waals surface area contributed by atoms with Crippen molar-refractivity contribution in [1.29, 1.82) is 0 Å². The van der Waals surface area contributed by atoms with Gasteiger partial charge in [-0.1, -0.05) is 46.7 Å². The second kappa shape index (κ2) is 9.25. The Morgan fingerprint density at radius 2 is 1.79 bits per heavy atom. The molecular weight excluding hydrogens is 494 g/mol. The number of anilines is 2. The van der Waals surface area contributed by atoms with E-state index in [1.165, 1.54) is 16.7 Å². The minimum absolute atomic E-state index is 0.0701. The number of aryl methyl sites for hydroxylation is 2. The molecule has 1 N–H and O–H groups in total. The van der Waals surface area contributed by atoms with Gasteiger partial charge in [0.05, 0.1) is 20.8 Å². The van der Waals surface area contributed by atoms with Gasteiger partial charge in [0.1, 0.15) is 6.54 Å². The molecule has 0 radical (unpaired) electrons. The molecule has 0 atom stereocenters. The van der Waals surface area contributed by atoms with Gasteiger partial charge in [0, 0.05) is 17.8 Å². The van der Waals surface area contributed by atoms with E-state index in [9.17, 15) is 18.0 Å². The van der Waals surface area contributed by atoms with Crippen molar-refractivity contribution in [3.8, 4) is 0 Å². The summed E-state index contributed by atoms with van der Waals surface area (Å²) in [6, 6.07) is 16.5. The SMILES string of the molecule is Cc1ccc(S(=O)(=O)N(CC(=O)Nc2ccc3c(c2)sc(=O)n3C)c2cccc(Cl)c2C)cc1. The third-order valence-corrected chi connectivity index (χ3v) is 8.66. The normalized spacial score (nSPS) is 11.5. The Balaban J connectivity index is 1.69. The topological polar surface area (TPSA) is 88.5 Å². The molecule has 176 valence electrons. The zero-order chi connectivity index (χ0) is 24.6. The number of benzene rings is 3. The first kappa shape index (κ1) is 24.0. The van der Waals surface area contributed by atoms with E-state index in [1.807, 2.05) is 6.92 Å². The second-order valence-electron chi connectivity index (χ2n) is 7.87. The summed E-state index contributed by atoms with van der Waals surface area (Å²) in [7, 11) is -2.38. The van der Waals surface area contributed by atoms with Crippen LogP contribution in [0.3, 0.4) is 0 Å². The molecule has 0 spiro atoms. The summed E-state index contributed by atoms with van der Waals surface area (Å²) in [6.45, 7) is 3.11. The van der Waals surface area contributed by atoms with E-state index in [4.69, 9.17) is 11.6 Å². The summed E-state index contributed by atoms with van der Waals surface area (Å²) in [5.74, 6) is -0.530. The van der Waals surface area contributed by atoms with Crippen LogP contribution in [0.1, 0.15) is 11.1 Å². The molecule has 3 aromatic carbocycles. The van der Waals surface area contributed by atoms with Crippen LogP contribution in [0, 0.1) is 13.8 Å². The van der Waals surface area contributed by atoms with Gasteiger partial charge < -0.3 is 9.88 Å². The lowest BCUT2D eigenvalue weighted by Gasteiger charge is -2.26. The summed E-state index contributed by atoms with van der Waals surface area (Å²) in [4.78, 5) is 24.9. The fourth-order valence-electron chi connectivity index (χ4n) is 3.55. The number of halogens is 1. The number of nitrogens with one attached hydrogen (secondary N) is 1. The summed E-state index contributed by atoms with van der Waals surface area (Å²) in [6.07, 6.45) is 0. The summed E-state index contributed by atoms with van der Waals surface area (Å²) in [5.41, 5.74) is 3.00. The number of carbonyl (C=O) groups excluding carboxylic acids is 1.